The van der Waals surface area contributed by atoms with Crippen LogP contribution in [0.4, 0.5) is 17.6 Å². The fourth-order valence-electron chi connectivity index (χ4n) is 2.90. The Balaban J connectivity index is 2.09. The lowest BCUT2D eigenvalue weighted by Crippen LogP contribution is -2.34. The molecule has 0 aliphatic heterocycles. The van der Waals surface area contributed by atoms with Crippen molar-refractivity contribution in [3.05, 3.63) is 59.4 Å². The summed E-state index contributed by atoms with van der Waals surface area (Å²) in [6, 6.07) is 7.76. The number of methoxy groups -OCH3 is 1. The van der Waals surface area contributed by atoms with Crippen LogP contribution < -0.4 is 10.1 Å². The van der Waals surface area contributed by atoms with Gasteiger partial charge in [-0.15, -0.1) is 0 Å². The SMILES string of the molecule is COc1cc(-c2ccc(C(F)(F)F)cc2F)nc2cc(C(=O)N[C@H](C)CO)ccc12. The number of benzene rings is 2. The number of ether oxygens (including phenoxy) is 1. The maximum absolute atomic E-state index is 14.4. The van der Waals surface area contributed by atoms with Crippen LogP contribution >= 0.6 is 0 Å². The molecular formula is C21H18F4N2O3. The molecule has 0 unspecified atom stereocenters. The maximum atomic E-state index is 14.4. The van der Waals surface area contributed by atoms with Crippen LogP contribution in [0.1, 0.15) is 22.8 Å². The number of nitrogens with one attached hydrogen (secondary N) is 1. The standard InChI is InChI=1S/C21H18F4N2O3/c1-11(10-28)26-20(29)12-3-5-15-17(7-12)27-18(9-19(15)30-2)14-6-4-13(8-16(14)22)21(23,24)25/h3-9,11,28H,10H2,1-2H3,(H,26,29)/t11-/m1/s1. The monoisotopic (exact) mass is 422 g/mol. The van der Waals surface area contributed by atoms with E-state index in [1.54, 1.807) is 19.1 Å². The topological polar surface area (TPSA) is 71.5 Å². The fourth-order valence-corrected chi connectivity index (χ4v) is 2.90. The van der Waals surface area contributed by atoms with Gasteiger partial charge in [0, 0.05) is 28.6 Å². The first-order valence-electron chi connectivity index (χ1n) is 8.91. The second-order valence-electron chi connectivity index (χ2n) is 6.69. The summed E-state index contributed by atoms with van der Waals surface area (Å²) in [4.78, 5) is 16.6. The number of rotatable bonds is 5. The first-order chi connectivity index (χ1) is 14.1. The van der Waals surface area contributed by atoms with E-state index in [0.29, 0.717) is 22.7 Å². The molecular weight excluding hydrogens is 404 g/mol. The zero-order valence-electron chi connectivity index (χ0n) is 16.0. The number of aliphatic hydroxyl groups excluding tert-OH is 1. The highest BCUT2D eigenvalue weighted by molar-refractivity contribution is 5.99. The number of aromatic nitrogens is 1. The number of hydrogen-bond acceptors (Lipinski definition) is 4. The molecule has 0 saturated carbocycles. The third kappa shape index (κ3) is 4.35. The van der Waals surface area contributed by atoms with Gasteiger partial charge in [0.25, 0.3) is 5.91 Å². The number of aliphatic hydroxyl groups is 1. The van der Waals surface area contributed by atoms with Gasteiger partial charge in [-0.1, -0.05) is 0 Å². The summed E-state index contributed by atoms with van der Waals surface area (Å²) in [5.41, 5.74) is -0.623. The molecule has 158 valence electrons. The minimum absolute atomic E-state index is 0.0619. The molecule has 3 aromatic rings. The van der Waals surface area contributed by atoms with Crippen molar-refractivity contribution in [3.8, 4) is 17.0 Å². The Bertz CT molecular complexity index is 1100. The van der Waals surface area contributed by atoms with Crippen LogP contribution in [0, 0.1) is 5.82 Å². The summed E-state index contributed by atoms with van der Waals surface area (Å²) in [5, 5.41) is 12.2. The lowest BCUT2D eigenvalue weighted by Gasteiger charge is -2.13. The van der Waals surface area contributed by atoms with Crippen LogP contribution in [0.3, 0.4) is 0 Å². The Hall–Kier alpha value is -3.20. The van der Waals surface area contributed by atoms with E-state index in [0.717, 1.165) is 12.1 Å². The third-order valence-electron chi connectivity index (χ3n) is 4.48. The highest BCUT2D eigenvalue weighted by Crippen LogP contribution is 2.35. The molecule has 0 radical (unpaired) electrons. The van der Waals surface area contributed by atoms with Crippen LogP contribution in [0.25, 0.3) is 22.2 Å². The van der Waals surface area contributed by atoms with Crippen LogP contribution in [0.2, 0.25) is 0 Å². The summed E-state index contributed by atoms with van der Waals surface area (Å²) >= 11 is 0. The maximum Gasteiger partial charge on any atom is 0.416 e. The average Bonchev–Trinajstić information content (AvgIpc) is 2.71. The normalized spacial score (nSPS) is 12.6. The first-order valence-corrected chi connectivity index (χ1v) is 8.91. The highest BCUT2D eigenvalue weighted by Gasteiger charge is 2.31. The Morgan fingerprint density at radius 2 is 1.93 bits per heavy atom. The van der Waals surface area contributed by atoms with E-state index in [1.807, 2.05) is 0 Å². The van der Waals surface area contributed by atoms with Crippen LogP contribution in [-0.2, 0) is 6.18 Å². The molecule has 0 spiro atoms. The molecule has 1 heterocycles. The molecule has 2 N–H and O–H groups in total. The Morgan fingerprint density at radius 1 is 1.20 bits per heavy atom. The number of halogens is 4. The van der Waals surface area contributed by atoms with Crippen LogP contribution in [-0.4, -0.2) is 35.8 Å². The molecule has 30 heavy (non-hydrogen) atoms. The molecule has 5 nitrogen and oxygen atoms in total. The number of alkyl halides is 3. The van der Waals surface area contributed by atoms with Crippen molar-refractivity contribution in [2.45, 2.75) is 19.1 Å². The predicted molar refractivity (Wildman–Crippen MR) is 103 cm³/mol. The zero-order valence-corrected chi connectivity index (χ0v) is 16.0. The van der Waals surface area contributed by atoms with E-state index in [2.05, 4.69) is 10.3 Å². The minimum atomic E-state index is -4.66. The third-order valence-corrected chi connectivity index (χ3v) is 4.48. The number of amides is 1. The molecule has 3 rings (SSSR count). The molecule has 1 amide bonds. The smallest absolute Gasteiger partial charge is 0.416 e. The van der Waals surface area contributed by atoms with Crippen LogP contribution in [0.15, 0.2) is 42.5 Å². The quantitative estimate of drug-likeness (QED) is 0.606. The fraction of sp³-hybridized carbons (Fsp3) is 0.238. The minimum Gasteiger partial charge on any atom is -0.496 e. The van der Waals surface area contributed by atoms with Gasteiger partial charge in [0.1, 0.15) is 11.6 Å². The van der Waals surface area contributed by atoms with Gasteiger partial charge in [0.2, 0.25) is 0 Å². The number of hydrogen-bond donors (Lipinski definition) is 2. The van der Waals surface area contributed by atoms with Gasteiger partial charge >= 0.3 is 6.18 Å². The molecule has 0 aliphatic rings. The van der Waals surface area contributed by atoms with E-state index in [-0.39, 0.29) is 23.4 Å². The number of pyridine rings is 1. The summed E-state index contributed by atoms with van der Waals surface area (Å²) in [7, 11) is 1.39. The van der Waals surface area contributed by atoms with Crippen molar-refractivity contribution < 1.29 is 32.2 Å². The Morgan fingerprint density at radius 3 is 2.53 bits per heavy atom. The molecule has 0 aliphatic carbocycles. The van der Waals surface area contributed by atoms with Gasteiger partial charge in [-0.2, -0.15) is 13.2 Å². The Labute approximate surface area is 169 Å². The lowest BCUT2D eigenvalue weighted by molar-refractivity contribution is -0.137. The first kappa shape index (κ1) is 21.5. The van der Waals surface area contributed by atoms with Crippen molar-refractivity contribution >= 4 is 16.8 Å². The largest absolute Gasteiger partial charge is 0.496 e. The van der Waals surface area contributed by atoms with Crippen LogP contribution in [0.5, 0.6) is 5.75 Å². The van der Waals surface area contributed by atoms with E-state index >= 15 is 0 Å². The molecule has 0 bridgehead atoms. The average molecular weight is 422 g/mol. The number of carbonyl (C=O) groups excluding carboxylic acids is 1. The van der Waals surface area contributed by atoms with Crippen molar-refractivity contribution in [1.82, 2.24) is 10.3 Å². The lowest BCUT2D eigenvalue weighted by atomic mass is 10.0. The number of fused-ring (bicyclic) bond motifs is 1. The Kier molecular flexibility index (Phi) is 5.93. The van der Waals surface area contributed by atoms with Crippen molar-refractivity contribution in [3.63, 3.8) is 0 Å². The van der Waals surface area contributed by atoms with Gasteiger partial charge in [0.15, 0.2) is 0 Å². The summed E-state index contributed by atoms with van der Waals surface area (Å²) in [6.45, 7) is 1.40. The van der Waals surface area contributed by atoms with Crippen molar-refractivity contribution in [2.75, 3.05) is 13.7 Å². The predicted octanol–water partition coefficient (Wildman–Crippen LogP) is 4.18. The van der Waals surface area contributed by atoms with E-state index in [9.17, 15) is 22.4 Å². The van der Waals surface area contributed by atoms with Gasteiger partial charge in [0.05, 0.1) is 30.5 Å². The highest BCUT2D eigenvalue weighted by atomic mass is 19.4. The van der Waals surface area contributed by atoms with E-state index in [4.69, 9.17) is 9.84 Å². The molecule has 1 atom stereocenters. The number of carbonyl (C=O) groups is 1. The molecule has 9 heteroatoms. The zero-order chi connectivity index (χ0) is 22.1. The molecule has 2 aromatic carbocycles. The van der Waals surface area contributed by atoms with Gasteiger partial charge in [-0.3, -0.25) is 4.79 Å². The second kappa shape index (κ2) is 8.27. The molecule has 0 fully saturated rings. The molecule has 1 aromatic heterocycles. The van der Waals surface area contributed by atoms with Crippen molar-refractivity contribution in [1.29, 1.82) is 0 Å². The van der Waals surface area contributed by atoms with E-state index in [1.165, 1.54) is 19.2 Å². The van der Waals surface area contributed by atoms with E-state index < -0.39 is 29.5 Å². The molecule has 0 saturated heterocycles. The van der Waals surface area contributed by atoms with Gasteiger partial charge < -0.3 is 15.2 Å². The van der Waals surface area contributed by atoms with Gasteiger partial charge in [-0.05, 0) is 43.3 Å². The second-order valence-corrected chi connectivity index (χ2v) is 6.69. The van der Waals surface area contributed by atoms with Gasteiger partial charge in [-0.25, -0.2) is 9.37 Å². The number of nitrogens with zero attached hydrogens (tertiary/aromatic N) is 1. The summed E-state index contributed by atoms with van der Waals surface area (Å²) in [6.07, 6.45) is -4.66. The summed E-state index contributed by atoms with van der Waals surface area (Å²) < 4.78 is 58.2. The van der Waals surface area contributed by atoms with Crippen molar-refractivity contribution in [2.24, 2.45) is 0 Å². The summed E-state index contributed by atoms with van der Waals surface area (Å²) in [5.74, 6) is -1.19.